The molecular formula is C37H68N2O12. The van der Waals surface area contributed by atoms with Crippen LogP contribution in [0.2, 0.25) is 0 Å². The van der Waals surface area contributed by atoms with Crippen molar-refractivity contribution in [3.63, 3.8) is 0 Å². The largest absolute Gasteiger partial charge is 0.459 e. The van der Waals surface area contributed by atoms with Gasteiger partial charge in [-0.3, -0.25) is 4.79 Å². The molecular weight excluding hydrogens is 664 g/mol. The van der Waals surface area contributed by atoms with E-state index < -0.39 is 102 Å². The molecule has 3 rings (SSSR count). The molecule has 0 aliphatic carbocycles. The van der Waals surface area contributed by atoms with Crippen LogP contribution in [0.25, 0.3) is 0 Å². The second-order valence-electron chi connectivity index (χ2n) is 16.8. The highest BCUT2D eigenvalue weighted by atomic mass is 16.7. The molecule has 3 heterocycles. The van der Waals surface area contributed by atoms with Crippen LogP contribution in [0.15, 0.2) is 5.18 Å². The summed E-state index contributed by atoms with van der Waals surface area (Å²) in [7, 11) is 5.24. The molecule has 298 valence electrons. The Balaban J connectivity index is 2.18. The first-order valence-electron chi connectivity index (χ1n) is 18.7. The van der Waals surface area contributed by atoms with Gasteiger partial charge in [-0.05, 0) is 93.2 Å². The van der Waals surface area contributed by atoms with Crippen molar-refractivity contribution in [2.45, 2.75) is 186 Å². The number of cyclic esters (lactones) is 1. The molecule has 0 aromatic heterocycles. The molecule has 0 aromatic rings. The molecule has 3 aliphatic rings. The van der Waals surface area contributed by atoms with E-state index in [2.05, 4.69) is 5.18 Å². The van der Waals surface area contributed by atoms with Gasteiger partial charge in [-0.25, -0.2) is 0 Å². The van der Waals surface area contributed by atoms with E-state index in [0.29, 0.717) is 12.8 Å². The first kappa shape index (κ1) is 44.1. The van der Waals surface area contributed by atoms with Crippen molar-refractivity contribution < 1.29 is 53.6 Å². The summed E-state index contributed by atoms with van der Waals surface area (Å²) in [5, 5.41) is 50.0. The summed E-state index contributed by atoms with van der Waals surface area (Å²) in [5.74, 6) is -3.30. The standard InChI is InChI=1S/C37H68N2O12/c1-14-26-35(8,43)16-19(2)28(38-45)20(3)17-36(9,44)32(51-34-29(40)25(39(11)12)15-21(4)47-34)22(5)30(23(6)33(42)49-26)50-27-18-37(10,46-13)31(41)24(7)48-27/h19-32,34,40-41,43-44H,14-18H2,1-13H3/t19?,20-,21-,22+,23-,24+,25+,26-,27+,28?,29-,30+,31+,32-,34?,35+,36+,37-/m1/s1. The van der Waals surface area contributed by atoms with Crippen molar-refractivity contribution >= 4 is 5.97 Å². The van der Waals surface area contributed by atoms with Crippen LogP contribution in [-0.2, 0) is 33.2 Å². The highest BCUT2D eigenvalue weighted by Gasteiger charge is 2.52. The van der Waals surface area contributed by atoms with Gasteiger partial charge in [0, 0.05) is 25.5 Å². The van der Waals surface area contributed by atoms with E-state index >= 15 is 0 Å². The fourth-order valence-corrected chi connectivity index (χ4v) is 8.87. The number of nitroso groups, excluding NO2 is 1. The molecule has 3 unspecified atom stereocenters. The number of hydrogen-bond donors (Lipinski definition) is 4. The summed E-state index contributed by atoms with van der Waals surface area (Å²) < 4.78 is 37.4. The molecule has 0 spiro atoms. The third kappa shape index (κ3) is 10.1. The average molecular weight is 733 g/mol. The molecule has 0 amide bonds. The lowest BCUT2D eigenvalue weighted by Crippen LogP contribution is -2.60. The van der Waals surface area contributed by atoms with Gasteiger partial charge in [-0.2, -0.15) is 4.91 Å². The minimum absolute atomic E-state index is 0.0496. The van der Waals surface area contributed by atoms with E-state index in [9.17, 15) is 30.1 Å². The van der Waals surface area contributed by atoms with Crippen LogP contribution in [0.4, 0.5) is 0 Å². The average Bonchev–Trinajstić information content (AvgIpc) is 3.03. The topological polar surface area (TPSA) is 186 Å². The fourth-order valence-electron chi connectivity index (χ4n) is 8.87. The van der Waals surface area contributed by atoms with Gasteiger partial charge in [0.25, 0.3) is 0 Å². The van der Waals surface area contributed by atoms with Gasteiger partial charge in [0.2, 0.25) is 0 Å². The lowest BCUT2D eigenvalue weighted by Gasteiger charge is -2.49. The molecule has 14 nitrogen and oxygen atoms in total. The number of ether oxygens (including phenoxy) is 6. The molecule has 14 heteroatoms. The van der Waals surface area contributed by atoms with Gasteiger partial charge >= 0.3 is 5.97 Å². The Bertz CT molecular complexity index is 1140. The monoisotopic (exact) mass is 732 g/mol. The lowest BCUT2D eigenvalue weighted by molar-refractivity contribution is -0.318. The van der Waals surface area contributed by atoms with Gasteiger partial charge in [0.15, 0.2) is 12.6 Å². The zero-order valence-electron chi connectivity index (χ0n) is 33.1. The molecule has 0 bridgehead atoms. The third-order valence-corrected chi connectivity index (χ3v) is 11.9. The van der Waals surface area contributed by atoms with E-state index in [4.69, 9.17) is 28.4 Å². The van der Waals surface area contributed by atoms with E-state index in [1.807, 2.05) is 46.7 Å². The highest BCUT2D eigenvalue weighted by Crippen LogP contribution is 2.41. The predicted octanol–water partition coefficient (Wildman–Crippen LogP) is 3.38. The van der Waals surface area contributed by atoms with Crippen molar-refractivity contribution in [3.8, 4) is 0 Å². The quantitative estimate of drug-likeness (QED) is 0.211. The van der Waals surface area contributed by atoms with Crippen LogP contribution >= 0.6 is 0 Å². The van der Waals surface area contributed by atoms with E-state index in [0.717, 1.165) is 0 Å². The van der Waals surface area contributed by atoms with Gasteiger partial charge in [-0.15, -0.1) is 0 Å². The molecule has 3 saturated heterocycles. The number of aliphatic hydroxyl groups excluding tert-OH is 2. The van der Waals surface area contributed by atoms with Crippen molar-refractivity contribution in [3.05, 3.63) is 4.91 Å². The Morgan fingerprint density at radius 3 is 2.04 bits per heavy atom. The summed E-state index contributed by atoms with van der Waals surface area (Å²) in [6, 6.07) is -1.10. The summed E-state index contributed by atoms with van der Waals surface area (Å²) >= 11 is 0. The highest BCUT2D eigenvalue weighted by molar-refractivity contribution is 5.73. The number of likely N-dealkylation sites (N-methyl/N-ethyl adjacent to an activating group) is 1. The number of esters is 1. The minimum atomic E-state index is -1.68. The SMILES string of the molecule is CC[C@H]1OC(=O)[C@H](C)[C@@H](O[C@H]2C[C@@](C)(OC)[C@@H](O)[C@H](C)O2)[C@H](C)[C@@H](OC2O[C@H](C)C[C@H](N(C)C)[C@H]2O)[C@@](C)(O)C[C@@H](C)C(N=O)C(C)C[C@]1(C)O. The molecule has 0 saturated carbocycles. The molecule has 0 radical (unpaired) electrons. The molecule has 4 N–H and O–H groups in total. The predicted molar refractivity (Wildman–Crippen MR) is 189 cm³/mol. The summed E-state index contributed by atoms with van der Waals surface area (Å²) in [5.41, 5.74) is -4.19. The van der Waals surface area contributed by atoms with Gasteiger partial charge in [0.1, 0.15) is 18.3 Å². The van der Waals surface area contributed by atoms with Gasteiger partial charge < -0.3 is 53.7 Å². The molecule has 51 heavy (non-hydrogen) atoms. The van der Waals surface area contributed by atoms with Crippen LogP contribution in [-0.4, -0.2) is 137 Å². The number of aliphatic hydroxyl groups is 4. The fraction of sp³-hybridized carbons (Fsp3) is 0.973. The van der Waals surface area contributed by atoms with E-state index in [-0.39, 0.29) is 31.4 Å². The smallest absolute Gasteiger partial charge is 0.311 e. The number of carbonyl (C=O) groups is 1. The lowest BCUT2D eigenvalue weighted by atomic mass is 9.73. The van der Waals surface area contributed by atoms with Crippen molar-refractivity contribution in [1.29, 1.82) is 0 Å². The molecule has 3 aliphatic heterocycles. The zero-order chi connectivity index (χ0) is 38.8. The molecule has 0 aromatic carbocycles. The normalized spacial score (nSPS) is 49.6. The second kappa shape index (κ2) is 17.4. The first-order valence-corrected chi connectivity index (χ1v) is 18.7. The summed E-state index contributed by atoms with van der Waals surface area (Å²) in [6.07, 6.45) is -6.95. The van der Waals surface area contributed by atoms with Crippen molar-refractivity contribution in [2.75, 3.05) is 21.2 Å². The molecule has 18 atom stereocenters. The van der Waals surface area contributed by atoms with Gasteiger partial charge in [0.05, 0.1) is 53.2 Å². The van der Waals surface area contributed by atoms with Crippen LogP contribution in [0.3, 0.4) is 0 Å². The van der Waals surface area contributed by atoms with Crippen LogP contribution in [0.1, 0.15) is 101 Å². The van der Waals surface area contributed by atoms with Crippen LogP contribution in [0.5, 0.6) is 0 Å². The van der Waals surface area contributed by atoms with Crippen molar-refractivity contribution in [2.24, 2.45) is 28.8 Å². The Morgan fingerprint density at radius 2 is 1.51 bits per heavy atom. The Hall–Kier alpha value is -1.33. The number of rotatable bonds is 8. The van der Waals surface area contributed by atoms with Crippen molar-refractivity contribution in [1.82, 2.24) is 4.90 Å². The maximum atomic E-state index is 14.1. The minimum Gasteiger partial charge on any atom is -0.459 e. The Labute approximate surface area is 304 Å². The maximum absolute atomic E-state index is 14.1. The Kier molecular flexibility index (Phi) is 15.1. The van der Waals surface area contributed by atoms with E-state index in [1.54, 1.807) is 41.5 Å². The van der Waals surface area contributed by atoms with Crippen LogP contribution < -0.4 is 0 Å². The zero-order valence-corrected chi connectivity index (χ0v) is 33.1. The number of methoxy groups -OCH3 is 1. The van der Waals surface area contributed by atoms with Crippen LogP contribution in [0, 0.1) is 28.6 Å². The number of carbonyl (C=O) groups excluding carboxylic acids is 1. The number of hydrogen-bond acceptors (Lipinski definition) is 14. The molecule has 3 fully saturated rings. The third-order valence-electron chi connectivity index (χ3n) is 11.9. The van der Waals surface area contributed by atoms with Gasteiger partial charge in [-0.1, -0.05) is 32.9 Å². The summed E-state index contributed by atoms with van der Waals surface area (Å²) in [6.45, 7) is 17.5. The second-order valence-corrected chi connectivity index (χ2v) is 16.8. The maximum Gasteiger partial charge on any atom is 0.311 e. The summed E-state index contributed by atoms with van der Waals surface area (Å²) in [4.78, 5) is 28.4. The first-order chi connectivity index (χ1) is 23.5. The Morgan fingerprint density at radius 1 is 0.922 bits per heavy atom. The number of nitrogens with zero attached hydrogens (tertiary/aromatic N) is 2. The van der Waals surface area contributed by atoms with E-state index in [1.165, 1.54) is 7.11 Å².